The molecule has 2 bridgehead atoms. The van der Waals surface area contributed by atoms with E-state index in [-0.39, 0.29) is 17.9 Å². The number of benzene rings is 1. The second-order valence-electron chi connectivity index (χ2n) is 10.1. The first kappa shape index (κ1) is 23.0. The molecule has 3 atom stereocenters. The summed E-state index contributed by atoms with van der Waals surface area (Å²) < 4.78 is 5.96. The van der Waals surface area contributed by atoms with Gasteiger partial charge in [0.25, 0.3) is 11.8 Å². The van der Waals surface area contributed by atoms with E-state index >= 15 is 0 Å². The lowest BCUT2D eigenvalue weighted by atomic mass is 9.96. The van der Waals surface area contributed by atoms with Gasteiger partial charge >= 0.3 is 0 Å². The van der Waals surface area contributed by atoms with Gasteiger partial charge in [-0.2, -0.15) is 0 Å². The Kier molecular flexibility index (Phi) is 6.15. The number of aromatic nitrogens is 1. The number of carbonyl (C=O) groups is 2. The molecule has 2 amide bonds. The van der Waals surface area contributed by atoms with Crippen LogP contribution < -0.4 is 20.3 Å². The molecule has 3 heterocycles. The average molecular weight is 483 g/mol. The molecular weight excluding hydrogens is 452 g/mol. The normalized spacial score (nSPS) is 24.0. The lowest BCUT2D eigenvalue weighted by Gasteiger charge is -2.40. The predicted octanol–water partition coefficient (Wildman–Crippen LogP) is 4.10. The second kappa shape index (κ2) is 9.10. The Morgan fingerprint density at radius 3 is 2.32 bits per heavy atom. The van der Waals surface area contributed by atoms with Crippen molar-refractivity contribution in [2.45, 2.75) is 82.1 Å². The highest BCUT2D eigenvalue weighted by Crippen LogP contribution is 2.39. The third kappa shape index (κ3) is 4.85. The van der Waals surface area contributed by atoms with E-state index in [0.29, 0.717) is 34.5 Å². The SMILES string of the molecule is CC(C)(Oc1ccccc1Cl)C(=O)NC1C[C@H]2CC[C@@H](C1)N2c1ccc(C(=O)NC2CC2)cn1. The number of fused-ring (bicyclic) bond motifs is 2. The van der Waals surface area contributed by atoms with E-state index < -0.39 is 5.60 Å². The van der Waals surface area contributed by atoms with Gasteiger partial charge in [0, 0.05) is 30.4 Å². The molecule has 2 N–H and O–H groups in total. The van der Waals surface area contributed by atoms with Gasteiger partial charge < -0.3 is 20.3 Å². The highest BCUT2D eigenvalue weighted by Gasteiger charge is 2.43. The summed E-state index contributed by atoms with van der Waals surface area (Å²) in [6.07, 6.45) is 7.66. The smallest absolute Gasteiger partial charge is 0.263 e. The summed E-state index contributed by atoms with van der Waals surface area (Å²) in [7, 11) is 0. The molecule has 8 heteroatoms. The molecule has 7 nitrogen and oxygen atoms in total. The minimum absolute atomic E-state index is 0.0485. The van der Waals surface area contributed by atoms with E-state index in [4.69, 9.17) is 16.3 Å². The number of para-hydroxylation sites is 1. The summed E-state index contributed by atoms with van der Waals surface area (Å²) in [4.78, 5) is 32.3. The maximum absolute atomic E-state index is 13.1. The van der Waals surface area contributed by atoms with Gasteiger partial charge in [-0.15, -0.1) is 0 Å². The lowest BCUT2D eigenvalue weighted by molar-refractivity contribution is -0.135. The zero-order chi connectivity index (χ0) is 23.9. The van der Waals surface area contributed by atoms with Crippen LogP contribution in [0.2, 0.25) is 5.02 Å². The molecule has 1 saturated carbocycles. The number of hydrogen-bond donors (Lipinski definition) is 2. The first-order chi connectivity index (χ1) is 16.3. The molecule has 1 aliphatic carbocycles. The Morgan fingerprint density at radius 2 is 1.71 bits per heavy atom. The van der Waals surface area contributed by atoms with Crippen LogP contribution in [0.1, 0.15) is 62.7 Å². The molecule has 2 saturated heterocycles. The summed E-state index contributed by atoms with van der Waals surface area (Å²) in [5.74, 6) is 1.21. The molecule has 0 radical (unpaired) electrons. The first-order valence-electron chi connectivity index (χ1n) is 12.1. The van der Waals surface area contributed by atoms with Crippen molar-refractivity contribution in [2.75, 3.05) is 4.90 Å². The molecule has 1 aromatic carbocycles. The van der Waals surface area contributed by atoms with Crippen LogP contribution in [0.25, 0.3) is 0 Å². The van der Waals surface area contributed by atoms with Crippen molar-refractivity contribution in [2.24, 2.45) is 0 Å². The van der Waals surface area contributed by atoms with Crippen LogP contribution in [-0.2, 0) is 4.79 Å². The Bertz CT molecular complexity index is 1060. The number of nitrogens with zero attached hydrogens (tertiary/aromatic N) is 2. The van der Waals surface area contributed by atoms with Gasteiger partial charge in [0.1, 0.15) is 11.6 Å². The minimum Gasteiger partial charge on any atom is -0.476 e. The summed E-state index contributed by atoms with van der Waals surface area (Å²) >= 11 is 6.21. The van der Waals surface area contributed by atoms with Gasteiger partial charge in [0.05, 0.1) is 10.6 Å². The highest BCUT2D eigenvalue weighted by molar-refractivity contribution is 6.32. The number of piperidine rings is 1. The van der Waals surface area contributed by atoms with Crippen LogP contribution in [0, 0.1) is 0 Å². The monoisotopic (exact) mass is 482 g/mol. The molecular formula is C26H31ClN4O3. The quantitative estimate of drug-likeness (QED) is 0.620. The van der Waals surface area contributed by atoms with E-state index in [1.54, 1.807) is 32.2 Å². The van der Waals surface area contributed by atoms with Crippen LogP contribution in [0.3, 0.4) is 0 Å². The largest absolute Gasteiger partial charge is 0.476 e. The number of nitrogens with one attached hydrogen (secondary N) is 2. The average Bonchev–Trinajstić information content (AvgIpc) is 3.58. The van der Waals surface area contributed by atoms with Gasteiger partial charge in [-0.3, -0.25) is 9.59 Å². The first-order valence-corrected chi connectivity index (χ1v) is 12.5. The van der Waals surface area contributed by atoms with Gasteiger partial charge in [-0.05, 0) is 76.6 Å². The van der Waals surface area contributed by atoms with Gasteiger partial charge in [0.15, 0.2) is 5.60 Å². The summed E-state index contributed by atoms with van der Waals surface area (Å²) in [6.45, 7) is 3.53. The maximum atomic E-state index is 13.1. The second-order valence-corrected chi connectivity index (χ2v) is 10.5. The van der Waals surface area contributed by atoms with Crippen LogP contribution in [-0.4, -0.2) is 46.6 Å². The zero-order valence-corrected chi connectivity index (χ0v) is 20.3. The molecule has 0 spiro atoms. The van der Waals surface area contributed by atoms with E-state index in [9.17, 15) is 9.59 Å². The fourth-order valence-corrected chi connectivity index (χ4v) is 5.22. The van der Waals surface area contributed by atoms with Gasteiger partial charge in [0.2, 0.25) is 0 Å². The molecule has 2 aromatic rings. The van der Waals surface area contributed by atoms with Gasteiger partial charge in [-0.25, -0.2) is 4.98 Å². The summed E-state index contributed by atoms with van der Waals surface area (Å²) in [6, 6.07) is 12.0. The standard InChI is InChI=1S/C26H31ClN4O3/c1-26(2,34-22-6-4-3-5-21(22)27)25(33)30-18-13-19-10-11-20(14-18)31(19)23-12-7-16(15-28-23)24(32)29-17-8-9-17/h3-7,12,15,17-20H,8-11,13-14H2,1-2H3,(H,29,32)(H,30,33)/t18?,19-,20+. The topological polar surface area (TPSA) is 83.6 Å². The number of amides is 2. The van der Waals surface area contributed by atoms with E-state index in [1.165, 1.54) is 0 Å². The molecule has 2 aliphatic heterocycles. The van der Waals surface area contributed by atoms with Crippen LogP contribution in [0.4, 0.5) is 5.82 Å². The number of ether oxygens (including phenoxy) is 1. The van der Waals surface area contributed by atoms with E-state index in [0.717, 1.165) is 44.3 Å². The van der Waals surface area contributed by atoms with Gasteiger partial charge in [-0.1, -0.05) is 23.7 Å². The minimum atomic E-state index is -1.04. The molecule has 180 valence electrons. The zero-order valence-electron chi connectivity index (χ0n) is 19.6. The van der Waals surface area contributed by atoms with Crippen molar-refractivity contribution in [3.05, 3.63) is 53.2 Å². The third-order valence-electron chi connectivity index (χ3n) is 7.00. The molecule has 5 rings (SSSR count). The number of halogens is 1. The van der Waals surface area contributed by atoms with Crippen LogP contribution >= 0.6 is 11.6 Å². The Labute approximate surface area is 205 Å². The summed E-state index contributed by atoms with van der Waals surface area (Å²) in [5.41, 5.74) is -0.439. The number of rotatable bonds is 7. The van der Waals surface area contributed by atoms with Crippen molar-refractivity contribution in [1.82, 2.24) is 15.6 Å². The molecule has 1 unspecified atom stereocenters. The number of hydrogen-bond acceptors (Lipinski definition) is 5. The Morgan fingerprint density at radius 1 is 1.00 bits per heavy atom. The van der Waals surface area contributed by atoms with Crippen LogP contribution in [0.5, 0.6) is 5.75 Å². The molecule has 34 heavy (non-hydrogen) atoms. The van der Waals surface area contributed by atoms with E-state index in [2.05, 4.69) is 20.5 Å². The predicted molar refractivity (Wildman–Crippen MR) is 131 cm³/mol. The Hall–Kier alpha value is -2.80. The summed E-state index contributed by atoms with van der Waals surface area (Å²) in [5, 5.41) is 6.70. The molecule has 1 aromatic heterocycles. The molecule has 3 aliphatic rings. The van der Waals surface area contributed by atoms with Crippen LogP contribution in [0.15, 0.2) is 42.6 Å². The highest BCUT2D eigenvalue weighted by atomic mass is 35.5. The lowest BCUT2D eigenvalue weighted by Crippen LogP contribution is -2.55. The van der Waals surface area contributed by atoms with Crippen molar-refractivity contribution in [1.29, 1.82) is 0 Å². The molecule has 3 fully saturated rings. The number of pyridine rings is 1. The fraction of sp³-hybridized carbons (Fsp3) is 0.500. The van der Waals surface area contributed by atoms with Crippen molar-refractivity contribution in [3.8, 4) is 5.75 Å². The Balaban J connectivity index is 1.20. The fourth-order valence-electron chi connectivity index (χ4n) is 5.05. The number of anilines is 1. The third-order valence-corrected chi connectivity index (χ3v) is 7.32. The number of carbonyl (C=O) groups excluding carboxylic acids is 2. The maximum Gasteiger partial charge on any atom is 0.263 e. The van der Waals surface area contributed by atoms with Crippen molar-refractivity contribution in [3.63, 3.8) is 0 Å². The van der Waals surface area contributed by atoms with E-state index in [1.807, 2.05) is 24.3 Å². The van der Waals surface area contributed by atoms with Crippen molar-refractivity contribution >= 4 is 29.2 Å². The van der Waals surface area contributed by atoms with Crippen molar-refractivity contribution < 1.29 is 14.3 Å².